The molecule has 0 fully saturated rings. The highest BCUT2D eigenvalue weighted by molar-refractivity contribution is 5.97. The molecule has 0 heterocycles. The predicted octanol–water partition coefficient (Wildman–Crippen LogP) is 1.80. The first-order chi connectivity index (χ1) is 9.40. The Morgan fingerprint density at radius 1 is 1.05 bits per heavy atom. The molecule has 1 aromatic carbocycles. The highest BCUT2D eigenvalue weighted by Crippen LogP contribution is 2.22. The molecule has 0 saturated heterocycles. The van der Waals surface area contributed by atoms with Gasteiger partial charge in [-0.15, -0.1) is 0 Å². The standard InChI is InChI=1S/C14H16O6/c1-8-5-6-10(9(2)7-8)20-12(14(17)19-4)11(15)13(16)18-3/h5-7,15H,1-4H3/b12-11-. The van der Waals surface area contributed by atoms with Crippen molar-refractivity contribution in [3.05, 3.63) is 40.8 Å². The number of carbonyl (C=O) groups is 2. The zero-order chi connectivity index (χ0) is 15.3. The first kappa shape index (κ1) is 15.6. The van der Waals surface area contributed by atoms with Crippen LogP contribution in [0.25, 0.3) is 0 Å². The topological polar surface area (TPSA) is 82.1 Å². The summed E-state index contributed by atoms with van der Waals surface area (Å²) in [6, 6.07) is 5.23. The maximum Gasteiger partial charge on any atom is 0.378 e. The minimum Gasteiger partial charge on any atom is -0.499 e. The van der Waals surface area contributed by atoms with Crippen LogP contribution < -0.4 is 4.74 Å². The highest BCUT2D eigenvalue weighted by Gasteiger charge is 2.25. The van der Waals surface area contributed by atoms with Gasteiger partial charge in [0.2, 0.25) is 0 Å². The molecule has 1 N–H and O–H groups in total. The van der Waals surface area contributed by atoms with Crippen molar-refractivity contribution in [1.82, 2.24) is 0 Å². The minimum atomic E-state index is -1.09. The lowest BCUT2D eigenvalue weighted by atomic mass is 10.1. The van der Waals surface area contributed by atoms with E-state index in [1.165, 1.54) is 0 Å². The third kappa shape index (κ3) is 3.50. The van der Waals surface area contributed by atoms with Crippen LogP contribution in [-0.2, 0) is 19.1 Å². The number of hydrogen-bond acceptors (Lipinski definition) is 6. The molecule has 0 aliphatic rings. The maximum absolute atomic E-state index is 11.6. The fourth-order valence-electron chi connectivity index (χ4n) is 1.49. The molecule has 1 aromatic rings. The Balaban J connectivity index is 3.20. The Morgan fingerprint density at radius 2 is 1.65 bits per heavy atom. The smallest absolute Gasteiger partial charge is 0.378 e. The minimum absolute atomic E-state index is 0.325. The molecule has 0 unspecified atom stereocenters. The number of methoxy groups -OCH3 is 2. The Labute approximate surface area is 116 Å². The maximum atomic E-state index is 11.6. The van der Waals surface area contributed by atoms with Crippen molar-refractivity contribution in [2.45, 2.75) is 13.8 Å². The fourth-order valence-corrected chi connectivity index (χ4v) is 1.49. The Morgan fingerprint density at radius 3 is 2.15 bits per heavy atom. The summed E-state index contributed by atoms with van der Waals surface area (Å²) in [6.45, 7) is 3.67. The molecular formula is C14H16O6. The van der Waals surface area contributed by atoms with E-state index in [1.807, 2.05) is 13.0 Å². The van der Waals surface area contributed by atoms with Crippen molar-refractivity contribution in [1.29, 1.82) is 0 Å². The second-order valence-electron chi connectivity index (χ2n) is 4.03. The summed E-state index contributed by atoms with van der Waals surface area (Å²) in [4.78, 5) is 22.9. The van der Waals surface area contributed by atoms with E-state index >= 15 is 0 Å². The molecule has 0 spiro atoms. The van der Waals surface area contributed by atoms with Crippen molar-refractivity contribution >= 4 is 11.9 Å². The molecule has 0 aromatic heterocycles. The number of carbonyl (C=O) groups excluding carboxylic acids is 2. The van der Waals surface area contributed by atoms with Crippen molar-refractivity contribution in [2.75, 3.05) is 14.2 Å². The van der Waals surface area contributed by atoms with E-state index in [-0.39, 0.29) is 0 Å². The normalized spacial score (nSPS) is 11.4. The van der Waals surface area contributed by atoms with Crippen LogP contribution in [0.3, 0.4) is 0 Å². The first-order valence-electron chi connectivity index (χ1n) is 5.75. The van der Waals surface area contributed by atoms with Crippen LogP contribution in [0.2, 0.25) is 0 Å². The van der Waals surface area contributed by atoms with Gasteiger partial charge in [-0.1, -0.05) is 17.7 Å². The van der Waals surface area contributed by atoms with E-state index in [2.05, 4.69) is 9.47 Å². The van der Waals surface area contributed by atoms with E-state index in [0.717, 1.165) is 25.3 Å². The van der Waals surface area contributed by atoms with Crippen LogP contribution in [0.15, 0.2) is 29.7 Å². The molecule has 0 amide bonds. The van der Waals surface area contributed by atoms with Gasteiger partial charge < -0.3 is 19.3 Å². The van der Waals surface area contributed by atoms with E-state index in [0.29, 0.717) is 5.75 Å². The molecule has 6 nitrogen and oxygen atoms in total. The zero-order valence-electron chi connectivity index (χ0n) is 11.7. The second kappa shape index (κ2) is 6.60. The summed E-state index contributed by atoms with van der Waals surface area (Å²) in [6.07, 6.45) is 0. The van der Waals surface area contributed by atoms with E-state index in [4.69, 9.17) is 4.74 Å². The number of hydrogen-bond donors (Lipinski definition) is 1. The van der Waals surface area contributed by atoms with Crippen LogP contribution >= 0.6 is 0 Å². The number of aryl methyl sites for hydroxylation is 2. The van der Waals surface area contributed by atoms with Gasteiger partial charge in [0.1, 0.15) is 5.75 Å². The van der Waals surface area contributed by atoms with Crippen molar-refractivity contribution in [3.8, 4) is 5.75 Å². The van der Waals surface area contributed by atoms with Crippen LogP contribution in [-0.4, -0.2) is 31.3 Å². The summed E-state index contributed by atoms with van der Waals surface area (Å²) < 4.78 is 14.1. The second-order valence-corrected chi connectivity index (χ2v) is 4.03. The number of aliphatic hydroxyl groups is 1. The number of ether oxygens (including phenoxy) is 3. The molecule has 0 radical (unpaired) electrons. The van der Waals surface area contributed by atoms with Gasteiger partial charge in [-0.05, 0) is 25.5 Å². The summed E-state index contributed by atoms with van der Waals surface area (Å²) >= 11 is 0. The summed E-state index contributed by atoms with van der Waals surface area (Å²) in [5.41, 5.74) is 1.75. The molecule has 6 heteroatoms. The van der Waals surface area contributed by atoms with E-state index in [1.54, 1.807) is 19.1 Å². The van der Waals surface area contributed by atoms with E-state index in [9.17, 15) is 14.7 Å². The summed E-state index contributed by atoms with van der Waals surface area (Å²) in [7, 11) is 2.18. The molecule has 0 aliphatic heterocycles. The van der Waals surface area contributed by atoms with Crippen molar-refractivity contribution in [3.63, 3.8) is 0 Å². The fraction of sp³-hybridized carbons (Fsp3) is 0.286. The number of aliphatic hydroxyl groups excluding tert-OH is 1. The predicted molar refractivity (Wildman–Crippen MR) is 70.2 cm³/mol. The van der Waals surface area contributed by atoms with Gasteiger partial charge >= 0.3 is 11.9 Å². The van der Waals surface area contributed by atoms with Gasteiger partial charge in [-0.25, -0.2) is 9.59 Å². The number of benzene rings is 1. The van der Waals surface area contributed by atoms with Crippen molar-refractivity contribution in [2.24, 2.45) is 0 Å². The molecule has 108 valence electrons. The SMILES string of the molecule is COC(=O)/C(O)=C(/Oc1ccc(C)cc1C)C(=O)OC. The van der Waals surface area contributed by atoms with Gasteiger partial charge in [0.15, 0.2) is 0 Å². The average Bonchev–Trinajstić information content (AvgIpc) is 2.44. The quantitative estimate of drug-likeness (QED) is 0.514. The lowest BCUT2D eigenvalue weighted by Gasteiger charge is -2.12. The highest BCUT2D eigenvalue weighted by atomic mass is 16.6. The van der Waals surface area contributed by atoms with Gasteiger partial charge in [-0.2, -0.15) is 0 Å². The average molecular weight is 280 g/mol. The van der Waals surface area contributed by atoms with Crippen molar-refractivity contribution < 1.29 is 28.9 Å². The third-order valence-corrected chi connectivity index (χ3v) is 2.51. The van der Waals surface area contributed by atoms with Crippen LogP contribution in [0.5, 0.6) is 5.75 Å². The Bertz CT molecular complexity index is 559. The first-order valence-corrected chi connectivity index (χ1v) is 5.75. The zero-order valence-corrected chi connectivity index (χ0v) is 11.7. The van der Waals surface area contributed by atoms with Gasteiger partial charge in [0.25, 0.3) is 11.5 Å². The lowest BCUT2D eigenvalue weighted by Crippen LogP contribution is -2.19. The molecule has 0 aliphatic carbocycles. The molecule has 0 bridgehead atoms. The summed E-state index contributed by atoms with van der Waals surface area (Å²) in [5, 5.41) is 9.67. The van der Waals surface area contributed by atoms with Crippen LogP contribution in [0.4, 0.5) is 0 Å². The van der Waals surface area contributed by atoms with Crippen LogP contribution in [0, 0.1) is 13.8 Å². The molecule has 0 atom stereocenters. The lowest BCUT2D eigenvalue weighted by molar-refractivity contribution is -0.143. The summed E-state index contributed by atoms with van der Waals surface area (Å²) in [5.74, 6) is -3.31. The molecular weight excluding hydrogens is 264 g/mol. The van der Waals surface area contributed by atoms with Gasteiger partial charge in [0.05, 0.1) is 14.2 Å². The van der Waals surface area contributed by atoms with Crippen LogP contribution in [0.1, 0.15) is 11.1 Å². The number of rotatable bonds is 4. The molecule has 20 heavy (non-hydrogen) atoms. The Kier molecular flexibility index (Phi) is 5.14. The molecule has 1 rings (SSSR count). The largest absolute Gasteiger partial charge is 0.499 e. The molecule has 0 saturated carbocycles. The number of esters is 2. The Hall–Kier alpha value is -2.50. The van der Waals surface area contributed by atoms with Gasteiger partial charge in [0, 0.05) is 0 Å². The van der Waals surface area contributed by atoms with Gasteiger partial charge in [-0.3, -0.25) is 0 Å². The monoisotopic (exact) mass is 280 g/mol. The third-order valence-electron chi connectivity index (χ3n) is 2.51. The van der Waals surface area contributed by atoms with E-state index < -0.39 is 23.5 Å².